The van der Waals surface area contributed by atoms with E-state index in [9.17, 15) is 27.6 Å². The van der Waals surface area contributed by atoms with Crippen LogP contribution in [0, 0.1) is 41.5 Å². The predicted molar refractivity (Wildman–Crippen MR) is 259 cm³/mol. The second-order valence-electron chi connectivity index (χ2n) is 14.8. The molecule has 2 unspecified atom stereocenters. The molecule has 352 valence electrons. The molecule has 4 aromatic heterocycles. The van der Waals surface area contributed by atoms with Crippen LogP contribution in [0.1, 0.15) is 45.0 Å². The molecular formula is C46H56N8O10S2. The van der Waals surface area contributed by atoms with E-state index in [4.69, 9.17) is 19.7 Å². The fourth-order valence-corrected chi connectivity index (χ4v) is 6.92. The van der Waals surface area contributed by atoms with Crippen molar-refractivity contribution in [2.75, 3.05) is 58.5 Å². The topological polar surface area (TPSA) is 244 Å². The smallest absolute Gasteiger partial charge is 0.411 e. The third-order valence-corrected chi connectivity index (χ3v) is 11.5. The van der Waals surface area contributed by atoms with E-state index in [1.165, 1.54) is 0 Å². The van der Waals surface area contributed by atoms with Crippen molar-refractivity contribution >= 4 is 79.8 Å². The molecule has 0 radical (unpaired) electrons. The van der Waals surface area contributed by atoms with Crippen molar-refractivity contribution in [2.45, 2.75) is 54.6 Å². The number of benzene rings is 2. The number of imidazole rings is 2. The average Bonchev–Trinajstić information content (AvgIpc) is 3.72. The predicted octanol–water partition coefficient (Wildman–Crippen LogP) is 7.31. The number of nitrogens with one attached hydrogen (secondary N) is 4. The highest BCUT2D eigenvalue weighted by Crippen LogP contribution is 2.26. The summed E-state index contributed by atoms with van der Waals surface area (Å²) in [5.74, 6) is -1.87. The molecule has 0 spiro atoms. The third-order valence-electron chi connectivity index (χ3n) is 10.0. The highest BCUT2D eigenvalue weighted by molar-refractivity contribution is 7.84. The van der Waals surface area contributed by atoms with Gasteiger partial charge >= 0.3 is 24.1 Å². The molecule has 0 saturated heterocycles. The minimum atomic E-state index is -1.26. The second-order valence-corrected chi connectivity index (χ2v) is 17.9. The lowest BCUT2D eigenvalue weighted by molar-refractivity contribution is -0.134. The molecule has 2 amide bonds. The van der Waals surface area contributed by atoms with Crippen molar-refractivity contribution in [3.8, 4) is 0 Å². The Kier molecular flexibility index (Phi) is 19.4. The number of carbonyl (C=O) groups is 4. The first-order valence-corrected chi connectivity index (χ1v) is 24.0. The maximum atomic E-state index is 12.1. The number of aromatic nitrogens is 4. The van der Waals surface area contributed by atoms with Gasteiger partial charge in [-0.1, -0.05) is 24.3 Å². The van der Waals surface area contributed by atoms with Crippen molar-refractivity contribution in [3.63, 3.8) is 0 Å². The van der Waals surface area contributed by atoms with Crippen LogP contribution < -0.4 is 21.3 Å². The summed E-state index contributed by atoms with van der Waals surface area (Å²) < 4.78 is 36.5. The highest BCUT2D eigenvalue weighted by atomic mass is 32.2. The van der Waals surface area contributed by atoms with E-state index in [2.05, 4.69) is 40.0 Å². The Bertz CT molecular complexity index is 2580. The minimum absolute atomic E-state index is 0.120. The molecule has 2 atom stereocenters. The molecule has 0 bridgehead atoms. The van der Waals surface area contributed by atoms with Gasteiger partial charge in [-0.3, -0.25) is 19.1 Å². The maximum Gasteiger partial charge on any atom is 0.411 e. The molecule has 66 heavy (non-hydrogen) atoms. The standard InChI is InChI=1S/2C21H26N4O3S.C4H4O4/c2*1-14-7-5-8-18(24-21(26)28-11-12-29(4)27)17(14)13-22-19-9-6-10-25-16(3)15(2)23-20(19)25;5-3(6)1-2-4(7)8/h2*5-10,22H,11-13H2,1-4H3,(H,24,26);1-2H,(H,5,6)(H,7,8)/b;;2-1+. The van der Waals surface area contributed by atoms with Crippen molar-refractivity contribution in [1.82, 2.24) is 18.8 Å². The number of pyridine rings is 2. The SMILES string of the molecule is Cc1cccc(NC(=O)OCCS(C)=O)c1CNc1cccn2c(C)c(C)nc12.Cc1cccc(NC(=O)OCCS(C)=O)c1CNc1cccn2c(C)c(C)nc12.O=C(O)/C=C/C(=O)O. The van der Waals surface area contributed by atoms with E-state index >= 15 is 0 Å². The lowest BCUT2D eigenvalue weighted by Crippen LogP contribution is -2.18. The van der Waals surface area contributed by atoms with Crippen molar-refractivity contribution in [2.24, 2.45) is 0 Å². The number of carboxylic acids is 2. The zero-order chi connectivity index (χ0) is 48.5. The summed E-state index contributed by atoms with van der Waals surface area (Å²) in [7, 11) is -1.99. The van der Waals surface area contributed by atoms with Crippen LogP contribution in [0.3, 0.4) is 0 Å². The number of anilines is 4. The van der Waals surface area contributed by atoms with Gasteiger partial charge in [0.25, 0.3) is 0 Å². The number of aliphatic carboxylic acids is 2. The molecule has 2 aromatic carbocycles. The van der Waals surface area contributed by atoms with E-state index in [-0.39, 0.29) is 13.2 Å². The molecule has 18 nitrogen and oxygen atoms in total. The molecular weight excluding hydrogens is 889 g/mol. The number of carboxylic acid groups (broad SMARTS) is 2. The largest absolute Gasteiger partial charge is 0.478 e. The van der Waals surface area contributed by atoms with Gasteiger partial charge in [0.15, 0.2) is 11.3 Å². The summed E-state index contributed by atoms with van der Waals surface area (Å²) in [6, 6.07) is 19.4. The minimum Gasteiger partial charge on any atom is -0.478 e. The molecule has 0 saturated carbocycles. The van der Waals surface area contributed by atoms with E-state index in [1.807, 2.05) is 115 Å². The van der Waals surface area contributed by atoms with Crippen molar-refractivity contribution in [1.29, 1.82) is 0 Å². The third kappa shape index (κ3) is 15.3. The van der Waals surface area contributed by atoms with E-state index in [0.717, 1.165) is 67.7 Å². The van der Waals surface area contributed by atoms with Crippen LogP contribution in [0.5, 0.6) is 0 Å². The molecule has 20 heteroatoms. The Morgan fingerprint density at radius 1 is 0.591 bits per heavy atom. The quantitative estimate of drug-likeness (QED) is 0.0522. The van der Waals surface area contributed by atoms with Gasteiger partial charge < -0.3 is 39.1 Å². The molecule has 6 N–H and O–H groups in total. The first kappa shape index (κ1) is 51.6. The lowest BCUT2D eigenvalue weighted by atomic mass is 10.1. The van der Waals surface area contributed by atoms with Crippen LogP contribution in [-0.4, -0.2) is 98.8 Å². The van der Waals surface area contributed by atoms with Crippen LogP contribution in [0.4, 0.5) is 32.3 Å². The van der Waals surface area contributed by atoms with Crippen molar-refractivity contribution < 1.29 is 47.3 Å². The average molecular weight is 945 g/mol. The molecule has 0 aliphatic rings. The van der Waals surface area contributed by atoms with Crippen LogP contribution in [0.15, 0.2) is 85.2 Å². The van der Waals surface area contributed by atoms with Gasteiger partial charge in [0.1, 0.15) is 13.2 Å². The Morgan fingerprint density at radius 3 is 1.30 bits per heavy atom. The van der Waals surface area contributed by atoms with Gasteiger partial charge in [-0.2, -0.15) is 0 Å². The highest BCUT2D eigenvalue weighted by Gasteiger charge is 2.15. The number of hydrogen-bond donors (Lipinski definition) is 6. The number of ether oxygens (including phenoxy) is 2. The molecule has 0 aliphatic heterocycles. The number of hydrogen-bond acceptors (Lipinski definition) is 12. The summed E-state index contributed by atoms with van der Waals surface area (Å²) in [5, 5.41) is 28.1. The van der Waals surface area contributed by atoms with E-state index < -0.39 is 45.7 Å². The van der Waals surface area contributed by atoms with Crippen molar-refractivity contribution in [3.05, 3.63) is 130 Å². The first-order valence-electron chi connectivity index (χ1n) is 20.5. The Balaban J connectivity index is 0.000000248. The van der Waals surface area contributed by atoms with Gasteiger partial charge in [-0.15, -0.1) is 0 Å². The normalized spacial score (nSPS) is 11.7. The molecule has 6 aromatic rings. The van der Waals surface area contributed by atoms with Gasteiger partial charge in [-0.25, -0.2) is 29.1 Å². The number of amides is 2. The number of carbonyl (C=O) groups excluding carboxylic acids is 2. The van der Waals surface area contributed by atoms with Gasteiger partial charge in [0.2, 0.25) is 0 Å². The lowest BCUT2D eigenvalue weighted by Gasteiger charge is -2.15. The van der Waals surface area contributed by atoms with Crippen LogP contribution in [0.2, 0.25) is 0 Å². The summed E-state index contributed by atoms with van der Waals surface area (Å²) in [5.41, 5.74) is 13.2. The fourth-order valence-electron chi connectivity index (χ4n) is 6.29. The van der Waals surface area contributed by atoms with E-state index in [1.54, 1.807) is 12.5 Å². The Labute approximate surface area is 387 Å². The number of nitrogens with zero attached hydrogens (tertiary/aromatic N) is 4. The maximum absolute atomic E-state index is 12.1. The number of aryl methyl sites for hydroxylation is 6. The van der Waals surface area contributed by atoms with Gasteiger partial charge in [0.05, 0.1) is 34.3 Å². The Hall–Kier alpha value is -7.06. The monoisotopic (exact) mass is 944 g/mol. The number of rotatable bonds is 16. The molecule has 6 rings (SSSR count). The molecule has 4 heterocycles. The Morgan fingerprint density at radius 2 is 0.955 bits per heavy atom. The molecule has 0 fully saturated rings. The van der Waals surface area contributed by atoms with Gasteiger partial charge in [-0.05, 0) is 100 Å². The zero-order valence-electron chi connectivity index (χ0n) is 38.1. The summed E-state index contributed by atoms with van der Waals surface area (Å²) in [4.78, 5) is 52.6. The van der Waals surface area contributed by atoms with Gasteiger partial charge in [0, 0.05) is 94.5 Å². The molecule has 0 aliphatic carbocycles. The first-order chi connectivity index (χ1) is 31.4. The summed E-state index contributed by atoms with van der Waals surface area (Å²) in [6.07, 6.45) is 7.16. The second kappa shape index (κ2) is 24.9. The van der Waals surface area contributed by atoms with E-state index in [0.29, 0.717) is 48.1 Å². The zero-order valence-corrected chi connectivity index (χ0v) is 39.7. The summed E-state index contributed by atoms with van der Waals surface area (Å²) >= 11 is 0. The fraction of sp³-hybridized carbons (Fsp3) is 0.304. The van der Waals surface area contributed by atoms with Crippen LogP contribution >= 0.6 is 0 Å². The van der Waals surface area contributed by atoms with Crippen LogP contribution in [0.25, 0.3) is 11.3 Å². The summed E-state index contributed by atoms with van der Waals surface area (Å²) in [6.45, 7) is 13.4. The number of fused-ring (bicyclic) bond motifs is 2. The van der Waals surface area contributed by atoms with Crippen LogP contribution in [-0.2, 0) is 53.8 Å².